The van der Waals surface area contributed by atoms with E-state index in [1.54, 1.807) is 70.3 Å². The molecule has 0 radical (unpaired) electrons. The summed E-state index contributed by atoms with van der Waals surface area (Å²) in [6, 6.07) is 25.6. The summed E-state index contributed by atoms with van der Waals surface area (Å²) in [5.74, 6) is -1.39. The second-order valence-electron chi connectivity index (χ2n) is 20.3. The predicted molar refractivity (Wildman–Crippen MR) is 284 cm³/mol. The van der Waals surface area contributed by atoms with Crippen molar-refractivity contribution in [1.82, 2.24) is 10.6 Å². The summed E-state index contributed by atoms with van der Waals surface area (Å²) in [6.07, 6.45) is 3.50. The lowest BCUT2D eigenvalue weighted by Gasteiger charge is -2.30. The van der Waals surface area contributed by atoms with E-state index in [0.29, 0.717) is 82.1 Å². The number of nitrogens with one attached hydrogen (secondary N) is 3. The molecule has 4 aliphatic rings. The molecule has 18 heteroatoms. The fourth-order valence-electron chi connectivity index (χ4n) is 11.0. The molecule has 0 saturated carbocycles. The van der Waals surface area contributed by atoms with E-state index >= 15 is 0 Å². The van der Waals surface area contributed by atoms with Crippen LogP contribution in [0.1, 0.15) is 112 Å². The summed E-state index contributed by atoms with van der Waals surface area (Å²) >= 11 is 0. The third kappa shape index (κ3) is 11.3. The molecule has 1 unspecified atom stereocenters. The van der Waals surface area contributed by atoms with Gasteiger partial charge in [-0.05, 0) is 152 Å². The largest absolute Gasteiger partial charge is 0.748 e. The molecule has 0 saturated heterocycles. The summed E-state index contributed by atoms with van der Waals surface area (Å²) in [4.78, 5) is 83.0. The molecule has 9 rings (SSSR count). The minimum atomic E-state index is -4.87. The number of amides is 5. The summed E-state index contributed by atoms with van der Waals surface area (Å²) in [7, 11) is -1.81. The van der Waals surface area contributed by atoms with Gasteiger partial charge < -0.3 is 44.5 Å². The molecule has 0 fully saturated rings. The molecule has 0 aliphatic carbocycles. The highest BCUT2D eigenvalue weighted by Crippen LogP contribution is 2.43. The quantitative estimate of drug-likeness (QED) is 0.0558. The molecule has 5 aromatic carbocycles. The number of methoxy groups -OCH3 is 1. The molecule has 4 heterocycles. The number of aryl methyl sites for hydroxylation is 2. The Morgan fingerprint density at radius 2 is 1.33 bits per heavy atom. The minimum Gasteiger partial charge on any atom is -0.748 e. The number of para-hydroxylation sites is 2. The van der Waals surface area contributed by atoms with Gasteiger partial charge in [-0.15, -0.1) is 0 Å². The topological polar surface area (TPSA) is 230 Å². The van der Waals surface area contributed by atoms with E-state index < -0.39 is 45.2 Å². The van der Waals surface area contributed by atoms with Gasteiger partial charge in [0.15, 0.2) is 17.3 Å². The van der Waals surface area contributed by atoms with Crippen molar-refractivity contribution >= 4 is 62.5 Å². The van der Waals surface area contributed by atoms with Crippen LogP contribution in [0.5, 0.6) is 17.2 Å². The van der Waals surface area contributed by atoms with Crippen LogP contribution in [0.15, 0.2) is 91.0 Å². The maximum Gasteiger partial charge on any atom is 0.258 e. The Kier molecular flexibility index (Phi) is 15.7. The Labute approximate surface area is 442 Å². The van der Waals surface area contributed by atoms with Crippen LogP contribution in [0.3, 0.4) is 0 Å². The van der Waals surface area contributed by atoms with Crippen molar-refractivity contribution in [1.29, 1.82) is 0 Å². The van der Waals surface area contributed by atoms with Crippen LogP contribution in [0.25, 0.3) is 0 Å². The van der Waals surface area contributed by atoms with Gasteiger partial charge in [-0.1, -0.05) is 43.3 Å². The number of unbranched alkanes of at least 4 members (excludes halogenated alkanes) is 1. The first-order valence-corrected chi connectivity index (χ1v) is 27.2. The average Bonchev–Trinajstić information content (AvgIpc) is 3.97. The number of ether oxygens (including phenoxy) is 3. The standard InChI is InChI=1S/C58H63N5O12S/c1-33-20-44-41(29-53(76(70,71)72)48-26-40-13-7-9-15-47(40)63(48)58(44)69)28-50(33)74-31-36-22-37(24-42(23-36)61-56(67)34(2)21-49(64)35(3)60-55(66)17-11-10-16-54(65)59-4)32-75-52-27-38-18-19-43-25-39-12-6-8-14-46(39)62(43)57(68)45(38)30-51(52)73-5/h6-9,12-15,20,22-24,27-28,30,34-35,43,48,53H,10-11,16-19,21,25-26,29,31-32H2,1-5H3,(H,59,65)(H,60,66)(H,61,67)(H,70,71,72)/p-1/t34-,35+,43-,48+,53?/m1/s1. The normalized spacial score (nSPS) is 18.1. The summed E-state index contributed by atoms with van der Waals surface area (Å²) in [5.41, 5.74) is 7.63. The highest BCUT2D eigenvalue weighted by atomic mass is 32.2. The molecule has 5 aromatic rings. The lowest BCUT2D eigenvalue weighted by atomic mass is 9.97. The third-order valence-corrected chi connectivity index (χ3v) is 16.2. The van der Waals surface area contributed by atoms with Crippen molar-refractivity contribution in [2.45, 2.75) is 122 Å². The van der Waals surface area contributed by atoms with Crippen LogP contribution in [-0.2, 0) is 68.2 Å². The van der Waals surface area contributed by atoms with Gasteiger partial charge in [0.1, 0.15) is 19.0 Å². The van der Waals surface area contributed by atoms with Crippen LogP contribution in [0, 0.1) is 12.8 Å². The van der Waals surface area contributed by atoms with Gasteiger partial charge in [0.05, 0.1) is 34.6 Å². The molecule has 5 amide bonds. The van der Waals surface area contributed by atoms with Gasteiger partial charge in [0.2, 0.25) is 17.7 Å². The zero-order chi connectivity index (χ0) is 54.0. The number of ketones is 1. The van der Waals surface area contributed by atoms with Gasteiger partial charge in [0.25, 0.3) is 11.8 Å². The van der Waals surface area contributed by atoms with Crippen molar-refractivity contribution in [3.05, 3.63) is 141 Å². The first kappa shape index (κ1) is 53.3. The first-order chi connectivity index (χ1) is 36.4. The molecule has 398 valence electrons. The summed E-state index contributed by atoms with van der Waals surface area (Å²) in [6.45, 7) is 4.89. The van der Waals surface area contributed by atoms with Crippen LogP contribution in [0.2, 0.25) is 0 Å². The fourth-order valence-corrected chi connectivity index (χ4v) is 11.9. The van der Waals surface area contributed by atoms with Crippen LogP contribution in [0.4, 0.5) is 17.1 Å². The Hall–Kier alpha value is -7.57. The van der Waals surface area contributed by atoms with Crippen molar-refractivity contribution < 1.29 is 55.9 Å². The molecular formula is C58H62N5O12S-. The molecule has 4 aliphatic heterocycles. The Balaban J connectivity index is 0.947. The summed E-state index contributed by atoms with van der Waals surface area (Å²) < 4.78 is 57.4. The van der Waals surface area contributed by atoms with Crippen molar-refractivity contribution in [2.24, 2.45) is 5.92 Å². The number of anilines is 3. The van der Waals surface area contributed by atoms with Gasteiger partial charge in [-0.2, -0.15) is 0 Å². The van der Waals surface area contributed by atoms with E-state index in [9.17, 15) is 41.7 Å². The molecule has 0 spiro atoms. The van der Waals surface area contributed by atoms with Gasteiger partial charge in [-0.3, -0.25) is 28.8 Å². The zero-order valence-electron chi connectivity index (χ0n) is 43.2. The Morgan fingerprint density at radius 1 is 0.724 bits per heavy atom. The lowest BCUT2D eigenvalue weighted by molar-refractivity contribution is -0.129. The van der Waals surface area contributed by atoms with E-state index in [4.69, 9.17) is 14.2 Å². The number of hydrogen-bond donors (Lipinski definition) is 3. The number of hydrogen-bond acceptors (Lipinski definition) is 12. The second kappa shape index (κ2) is 22.3. The summed E-state index contributed by atoms with van der Waals surface area (Å²) in [5, 5.41) is 6.78. The molecule has 17 nitrogen and oxygen atoms in total. The molecule has 76 heavy (non-hydrogen) atoms. The van der Waals surface area contributed by atoms with Crippen molar-refractivity contribution in [2.75, 3.05) is 29.3 Å². The van der Waals surface area contributed by atoms with Gasteiger partial charge in [-0.25, -0.2) is 8.42 Å². The van der Waals surface area contributed by atoms with Crippen molar-refractivity contribution in [3.8, 4) is 17.2 Å². The van der Waals surface area contributed by atoms with E-state index in [1.165, 1.54) is 12.0 Å². The fraction of sp³-hybridized carbons (Fsp3) is 0.379. The second-order valence-corrected chi connectivity index (χ2v) is 21.9. The van der Waals surface area contributed by atoms with Gasteiger partial charge in [0, 0.05) is 66.5 Å². The van der Waals surface area contributed by atoms with Crippen LogP contribution < -0.4 is 40.0 Å². The number of carbonyl (C=O) groups excluding carboxylic acids is 6. The highest BCUT2D eigenvalue weighted by Gasteiger charge is 2.45. The van der Waals surface area contributed by atoms with Gasteiger partial charge >= 0.3 is 0 Å². The molecule has 0 bridgehead atoms. The Bertz CT molecular complexity index is 3250. The smallest absolute Gasteiger partial charge is 0.258 e. The Morgan fingerprint density at radius 3 is 2.00 bits per heavy atom. The number of rotatable bonds is 19. The number of fused-ring (bicyclic) bond motifs is 8. The number of benzene rings is 5. The average molecular weight is 1050 g/mol. The minimum absolute atomic E-state index is 0.00911. The third-order valence-electron chi connectivity index (χ3n) is 15.0. The first-order valence-electron chi connectivity index (χ1n) is 25.7. The molecule has 3 N–H and O–H groups in total. The molecule has 0 aromatic heterocycles. The maximum atomic E-state index is 14.3. The van der Waals surface area contributed by atoms with E-state index in [1.807, 2.05) is 47.4 Å². The van der Waals surface area contributed by atoms with E-state index in [0.717, 1.165) is 35.2 Å². The number of nitrogens with zero attached hydrogens (tertiary/aromatic N) is 2. The monoisotopic (exact) mass is 1050 g/mol. The van der Waals surface area contributed by atoms with Crippen molar-refractivity contribution in [3.63, 3.8) is 0 Å². The predicted octanol–water partition coefficient (Wildman–Crippen LogP) is 7.07. The SMILES string of the molecule is CNC(=O)CCCCC(=O)N[C@@H](C)C(=O)C[C@@H](C)C(=O)Nc1cc(COc2cc3c(cc2C)C(=O)N2c4ccccc4C[C@H]2C(S(=O)(=O)[O-])C3)cc(COc2cc3c(cc2OC)C(=O)N2c4ccccc4C[C@H]2CC3)c1. The maximum absolute atomic E-state index is 14.3. The highest BCUT2D eigenvalue weighted by molar-refractivity contribution is 7.86. The molecule has 5 atom stereocenters. The number of carbonyl (C=O) groups is 6. The van der Waals surface area contributed by atoms with Crippen LogP contribution in [-0.4, -0.2) is 85.8 Å². The van der Waals surface area contributed by atoms with E-state index in [-0.39, 0.29) is 74.0 Å². The zero-order valence-corrected chi connectivity index (χ0v) is 44.1. The van der Waals surface area contributed by atoms with E-state index in [2.05, 4.69) is 22.0 Å². The number of Topliss-reactive ketones (excluding diaryl/α,β-unsaturated/α-hetero) is 1. The molecular weight excluding hydrogens is 991 g/mol. The van der Waals surface area contributed by atoms with Crippen LogP contribution >= 0.6 is 0 Å². The lowest BCUT2D eigenvalue weighted by Crippen LogP contribution is -2.47.